The van der Waals surface area contributed by atoms with Gasteiger partial charge < -0.3 is 14.4 Å². The van der Waals surface area contributed by atoms with Gasteiger partial charge in [0, 0.05) is 25.1 Å². The van der Waals surface area contributed by atoms with Crippen LogP contribution in [0.2, 0.25) is 0 Å². The molecule has 3 rings (SSSR count). The number of hydrogen-bond donors (Lipinski definition) is 1. The lowest BCUT2D eigenvalue weighted by atomic mass is 10.1. The molecule has 0 saturated carbocycles. The van der Waals surface area contributed by atoms with Crippen molar-refractivity contribution in [1.82, 2.24) is 9.46 Å². The molecular weight excluding hydrogens is 360 g/mol. The van der Waals surface area contributed by atoms with Crippen LogP contribution in [-0.2, 0) is 23.0 Å². The Morgan fingerprint density at radius 3 is 2.62 bits per heavy atom. The Kier molecular flexibility index (Phi) is 4.53. The van der Waals surface area contributed by atoms with Gasteiger partial charge in [0.2, 0.25) is 10.0 Å². The number of hydrogen-bond acceptors (Lipinski definition) is 6. The molecule has 2 heterocycles. The Bertz CT molecular complexity index is 993. The molecule has 140 valence electrons. The van der Waals surface area contributed by atoms with Crippen LogP contribution in [0, 0.1) is 20.8 Å². The molecule has 9 heteroatoms. The van der Waals surface area contributed by atoms with Gasteiger partial charge in [-0.15, -0.1) is 0 Å². The molecule has 0 unspecified atom stereocenters. The third kappa shape index (κ3) is 2.77. The minimum Gasteiger partial charge on any atom is -0.496 e. The summed E-state index contributed by atoms with van der Waals surface area (Å²) < 4.78 is 38.2. The van der Waals surface area contributed by atoms with Crippen molar-refractivity contribution in [3.8, 4) is 5.75 Å². The Hall–Kier alpha value is -2.39. The summed E-state index contributed by atoms with van der Waals surface area (Å²) in [4.78, 5) is 11.5. The highest BCUT2D eigenvalue weighted by Crippen LogP contribution is 2.34. The third-order valence-corrected chi connectivity index (χ3v) is 6.93. The fraction of sp³-hybridized carbons (Fsp3) is 0.412. The van der Waals surface area contributed by atoms with E-state index in [-0.39, 0.29) is 30.1 Å². The van der Waals surface area contributed by atoms with Crippen LogP contribution >= 0.6 is 0 Å². The van der Waals surface area contributed by atoms with Gasteiger partial charge in [-0.1, -0.05) is 5.16 Å². The zero-order valence-electron chi connectivity index (χ0n) is 15.0. The summed E-state index contributed by atoms with van der Waals surface area (Å²) in [6, 6.07) is 1.70. The quantitative estimate of drug-likeness (QED) is 0.864. The van der Waals surface area contributed by atoms with Gasteiger partial charge in [-0.3, -0.25) is 0 Å². The first kappa shape index (κ1) is 18.4. The Morgan fingerprint density at radius 2 is 2.00 bits per heavy atom. The molecule has 26 heavy (non-hydrogen) atoms. The lowest BCUT2D eigenvalue weighted by molar-refractivity contribution is 0.0684. The minimum atomic E-state index is -3.82. The maximum Gasteiger partial charge on any atom is 0.358 e. The van der Waals surface area contributed by atoms with Crippen molar-refractivity contribution in [1.29, 1.82) is 0 Å². The van der Waals surface area contributed by atoms with E-state index in [1.54, 1.807) is 27.0 Å². The van der Waals surface area contributed by atoms with Gasteiger partial charge in [-0.05, 0) is 43.5 Å². The van der Waals surface area contributed by atoms with Gasteiger partial charge in [0.15, 0.2) is 5.69 Å². The molecule has 2 aromatic rings. The summed E-state index contributed by atoms with van der Waals surface area (Å²) in [5.41, 5.74) is 2.04. The van der Waals surface area contributed by atoms with E-state index in [9.17, 15) is 18.3 Å². The number of aromatic carboxylic acids is 1. The molecule has 1 N–H and O–H groups in total. The first-order valence-corrected chi connectivity index (χ1v) is 9.48. The van der Waals surface area contributed by atoms with Crippen LogP contribution in [0.5, 0.6) is 5.75 Å². The maximum atomic E-state index is 13.3. The molecule has 1 aliphatic rings. The number of ether oxygens (including phenoxy) is 1. The largest absolute Gasteiger partial charge is 0.496 e. The predicted molar refractivity (Wildman–Crippen MR) is 92.0 cm³/mol. The number of carboxylic acids is 1. The Morgan fingerprint density at radius 1 is 1.31 bits per heavy atom. The van der Waals surface area contributed by atoms with Crippen LogP contribution in [-0.4, -0.2) is 42.6 Å². The van der Waals surface area contributed by atoms with Crippen LogP contribution in [0.4, 0.5) is 0 Å². The van der Waals surface area contributed by atoms with Crippen molar-refractivity contribution < 1.29 is 27.6 Å². The zero-order valence-corrected chi connectivity index (χ0v) is 15.8. The molecule has 0 radical (unpaired) electrons. The average Bonchev–Trinajstić information content (AvgIpc) is 3.01. The molecule has 0 bridgehead atoms. The molecule has 1 aromatic heterocycles. The Labute approximate surface area is 151 Å². The molecule has 0 saturated heterocycles. The van der Waals surface area contributed by atoms with E-state index in [0.29, 0.717) is 28.2 Å². The van der Waals surface area contributed by atoms with Crippen molar-refractivity contribution in [3.63, 3.8) is 0 Å². The number of methoxy groups -OCH3 is 1. The number of carbonyl (C=O) groups is 1. The van der Waals surface area contributed by atoms with Crippen molar-refractivity contribution >= 4 is 16.0 Å². The van der Waals surface area contributed by atoms with Gasteiger partial charge >= 0.3 is 5.97 Å². The van der Waals surface area contributed by atoms with Crippen molar-refractivity contribution in [2.24, 2.45) is 0 Å². The number of benzene rings is 1. The summed E-state index contributed by atoms with van der Waals surface area (Å²) in [5, 5.41) is 12.8. The van der Waals surface area contributed by atoms with E-state index in [1.165, 1.54) is 4.31 Å². The molecule has 0 fully saturated rings. The van der Waals surface area contributed by atoms with Crippen molar-refractivity contribution in [3.05, 3.63) is 39.8 Å². The second-order valence-corrected chi connectivity index (χ2v) is 8.18. The normalized spacial score (nSPS) is 14.9. The zero-order chi connectivity index (χ0) is 19.2. The molecule has 1 aromatic carbocycles. The molecular formula is C17H20N2O6S. The number of nitrogens with zero attached hydrogens (tertiary/aromatic N) is 2. The van der Waals surface area contributed by atoms with Crippen LogP contribution in [0.25, 0.3) is 0 Å². The Balaban J connectivity index is 2.06. The van der Waals surface area contributed by atoms with Crippen molar-refractivity contribution in [2.45, 2.75) is 38.6 Å². The van der Waals surface area contributed by atoms with Crippen LogP contribution < -0.4 is 4.74 Å². The number of sulfonamides is 1. The third-order valence-electron chi connectivity index (χ3n) is 4.79. The smallest absolute Gasteiger partial charge is 0.358 e. The lowest BCUT2D eigenvalue weighted by Crippen LogP contribution is -2.37. The molecule has 0 amide bonds. The van der Waals surface area contributed by atoms with E-state index >= 15 is 0 Å². The highest BCUT2D eigenvalue weighted by atomic mass is 32.2. The predicted octanol–water partition coefficient (Wildman–Crippen LogP) is 2.05. The van der Waals surface area contributed by atoms with E-state index in [2.05, 4.69) is 5.16 Å². The summed E-state index contributed by atoms with van der Waals surface area (Å²) in [5.74, 6) is -0.179. The summed E-state index contributed by atoms with van der Waals surface area (Å²) in [6.07, 6.45) is 0.280. The molecule has 8 nitrogen and oxygen atoms in total. The summed E-state index contributed by atoms with van der Waals surface area (Å²) in [7, 11) is -2.28. The van der Waals surface area contributed by atoms with E-state index in [0.717, 1.165) is 5.56 Å². The van der Waals surface area contributed by atoms with Crippen LogP contribution in [0.15, 0.2) is 15.5 Å². The van der Waals surface area contributed by atoms with E-state index < -0.39 is 16.0 Å². The summed E-state index contributed by atoms with van der Waals surface area (Å²) >= 11 is 0. The second kappa shape index (κ2) is 6.40. The van der Waals surface area contributed by atoms with Gasteiger partial charge in [-0.25, -0.2) is 13.2 Å². The fourth-order valence-corrected chi connectivity index (χ4v) is 5.21. The highest BCUT2D eigenvalue weighted by Gasteiger charge is 2.35. The second-order valence-electron chi connectivity index (χ2n) is 6.30. The van der Waals surface area contributed by atoms with Gasteiger partial charge in [0.1, 0.15) is 11.5 Å². The first-order chi connectivity index (χ1) is 12.2. The highest BCUT2D eigenvalue weighted by molar-refractivity contribution is 7.89. The summed E-state index contributed by atoms with van der Waals surface area (Å²) in [6.45, 7) is 5.40. The van der Waals surface area contributed by atoms with Crippen molar-refractivity contribution in [2.75, 3.05) is 13.7 Å². The first-order valence-electron chi connectivity index (χ1n) is 8.04. The average molecular weight is 380 g/mol. The topological polar surface area (TPSA) is 110 Å². The van der Waals surface area contributed by atoms with E-state index in [4.69, 9.17) is 9.26 Å². The number of carboxylic acid groups (broad SMARTS) is 1. The molecule has 0 spiro atoms. The number of rotatable bonds is 4. The number of aromatic nitrogens is 1. The number of fused-ring (bicyclic) bond motifs is 1. The molecule has 0 atom stereocenters. The standard InChI is InChI=1S/C17H20N2O6S/c1-9-7-14(24-4)10(2)11(3)16(9)26(22,23)19-6-5-13-12(8-19)15(17(20)21)18-25-13/h7H,5-6,8H2,1-4H3,(H,20,21). The fourth-order valence-electron chi connectivity index (χ4n) is 3.32. The minimum absolute atomic E-state index is 0.0766. The van der Waals surface area contributed by atoms with E-state index in [1.807, 2.05) is 6.92 Å². The molecule has 1 aliphatic heterocycles. The SMILES string of the molecule is COc1cc(C)c(S(=O)(=O)N2CCc3onc(C(=O)O)c3C2)c(C)c1C. The lowest BCUT2D eigenvalue weighted by Gasteiger charge is -2.27. The van der Waals surface area contributed by atoms with Gasteiger partial charge in [0.05, 0.1) is 12.0 Å². The number of aryl methyl sites for hydroxylation is 1. The van der Waals surface area contributed by atoms with Crippen LogP contribution in [0.3, 0.4) is 0 Å². The molecule has 0 aliphatic carbocycles. The van der Waals surface area contributed by atoms with Crippen LogP contribution in [0.1, 0.15) is 38.5 Å². The monoisotopic (exact) mass is 380 g/mol. The van der Waals surface area contributed by atoms with Gasteiger partial charge in [-0.2, -0.15) is 4.31 Å². The van der Waals surface area contributed by atoms with Gasteiger partial charge in [0.25, 0.3) is 0 Å². The maximum absolute atomic E-state index is 13.3.